The molecule has 6 nitrogen and oxygen atoms in total. The van der Waals surface area contributed by atoms with Crippen molar-refractivity contribution in [3.8, 4) is 0 Å². The van der Waals surface area contributed by atoms with Crippen molar-refractivity contribution in [2.45, 2.75) is 19.9 Å². The second-order valence-corrected chi connectivity index (χ2v) is 8.86. The van der Waals surface area contributed by atoms with Gasteiger partial charge in [0.2, 0.25) is 0 Å². The minimum Gasteiger partial charge on any atom is -0.384 e. The summed E-state index contributed by atoms with van der Waals surface area (Å²) in [5.41, 5.74) is 8.47. The van der Waals surface area contributed by atoms with Gasteiger partial charge in [-0.05, 0) is 25.5 Å². The van der Waals surface area contributed by atoms with Crippen LogP contribution < -0.4 is 10.6 Å². The van der Waals surface area contributed by atoms with E-state index in [0.717, 1.165) is 27.7 Å². The first-order valence-electron chi connectivity index (χ1n) is 7.82. The number of hydrogen-bond acceptors (Lipinski definition) is 6. The van der Waals surface area contributed by atoms with Gasteiger partial charge in [-0.2, -0.15) is 0 Å². The molecule has 7 heteroatoms. The van der Waals surface area contributed by atoms with Crippen molar-refractivity contribution in [1.82, 2.24) is 9.97 Å². The van der Waals surface area contributed by atoms with Gasteiger partial charge in [0.05, 0.1) is 23.3 Å². The number of nitrogens with two attached hydrogens (primary N) is 1. The summed E-state index contributed by atoms with van der Waals surface area (Å²) in [4.78, 5) is 10.9. The van der Waals surface area contributed by atoms with Crippen LogP contribution in [0.15, 0.2) is 25.0 Å². The molecule has 0 aromatic carbocycles. The number of hydrogen-bond donors (Lipinski definition) is 1. The van der Waals surface area contributed by atoms with Gasteiger partial charge in [0.15, 0.2) is 0 Å². The van der Waals surface area contributed by atoms with Crippen LogP contribution in [-0.4, -0.2) is 43.0 Å². The van der Waals surface area contributed by atoms with E-state index in [9.17, 15) is 8.42 Å². The zero-order valence-corrected chi connectivity index (χ0v) is 15.0. The fourth-order valence-corrected chi connectivity index (χ4v) is 4.45. The van der Waals surface area contributed by atoms with Crippen LogP contribution in [0.5, 0.6) is 0 Å². The topological polar surface area (TPSA) is 89.2 Å². The molecule has 1 fully saturated rings. The molecule has 0 saturated carbocycles. The number of anilines is 2. The van der Waals surface area contributed by atoms with E-state index in [4.69, 9.17) is 5.73 Å². The Kier molecular flexibility index (Phi) is 3.99. The Morgan fingerprint density at radius 1 is 1.38 bits per heavy atom. The first-order valence-corrected chi connectivity index (χ1v) is 9.88. The first-order chi connectivity index (χ1) is 11.2. The lowest BCUT2D eigenvalue weighted by atomic mass is 9.90. The number of nitrogen functional groups attached to an aromatic ring is 1. The molecule has 1 saturated heterocycles. The summed E-state index contributed by atoms with van der Waals surface area (Å²) in [5, 5.41) is 1.88. The Labute approximate surface area is 142 Å². The number of aromatic nitrogens is 2. The molecule has 1 aliphatic rings. The third kappa shape index (κ3) is 2.96. The van der Waals surface area contributed by atoms with Gasteiger partial charge < -0.3 is 10.6 Å². The molecule has 3 rings (SSSR count). The van der Waals surface area contributed by atoms with Crippen LogP contribution in [0.3, 0.4) is 0 Å². The lowest BCUT2D eigenvalue weighted by Crippen LogP contribution is -2.57. The van der Waals surface area contributed by atoms with E-state index in [1.165, 1.54) is 6.26 Å². The van der Waals surface area contributed by atoms with Crippen LogP contribution in [-0.2, 0) is 9.84 Å². The van der Waals surface area contributed by atoms with Crippen LogP contribution in [0.1, 0.15) is 19.5 Å². The molecule has 2 atom stereocenters. The van der Waals surface area contributed by atoms with Gasteiger partial charge in [-0.3, -0.25) is 4.98 Å². The summed E-state index contributed by atoms with van der Waals surface area (Å²) < 4.78 is 23.1. The number of sulfone groups is 1. The van der Waals surface area contributed by atoms with Crippen molar-refractivity contribution in [2.24, 2.45) is 5.92 Å². The van der Waals surface area contributed by atoms with E-state index in [1.54, 1.807) is 6.20 Å². The van der Waals surface area contributed by atoms with E-state index < -0.39 is 9.84 Å². The molecule has 2 N–H and O–H groups in total. The number of fused-ring (bicyclic) bond motifs is 1. The Morgan fingerprint density at radius 3 is 2.67 bits per heavy atom. The van der Waals surface area contributed by atoms with Crippen LogP contribution in [0.25, 0.3) is 16.3 Å². The minimum absolute atomic E-state index is 0.137. The maximum atomic E-state index is 11.5. The molecule has 0 bridgehead atoms. The molecule has 2 aromatic heterocycles. The number of nitrogens with zero attached hydrogens (tertiary/aromatic N) is 3. The van der Waals surface area contributed by atoms with Gasteiger partial charge in [0, 0.05) is 41.7 Å². The molecule has 0 spiro atoms. The third-order valence-electron chi connectivity index (χ3n) is 4.61. The number of allylic oxidation sites excluding steroid dienone is 1. The van der Waals surface area contributed by atoms with Crippen molar-refractivity contribution < 1.29 is 8.42 Å². The maximum Gasteiger partial charge on any atom is 0.147 e. The minimum atomic E-state index is -2.97. The van der Waals surface area contributed by atoms with Crippen molar-refractivity contribution in [3.63, 3.8) is 0 Å². The number of rotatable bonds is 4. The average molecular weight is 346 g/mol. The van der Waals surface area contributed by atoms with Crippen LogP contribution in [0, 0.1) is 5.92 Å². The molecule has 0 aliphatic carbocycles. The van der Waals surface area contributed by atoms with E-state index in [1.807, 2.05) is 26.1 Å². The normalized spacial score (nSPS) is 20.9. The van der Waals surface area contributed by atoms with Gasteiger partial charge >= 0.3 is 0 Å². The van der Waals surface area contributed by atoms with Gasteiger partial charge in [-0.1, -0.05) is 6.58 Å². The zero-order valence-electron chi connectivity index (χ0n) is 14.2. The average Bonchev–Trinajstić information content (AvgIpc) is 2.48. The molecule has 0 unspecified atom stereocenters. The highest BCUT2D eigenvalue weighted by Gasteiger charge is 2.38. The summed E-state index contributed by atoms with van der Waals surface area (Å²) in [5.74, 6) is 0.790. The summed E-state index contributed by atoms with van der Waals surface area (Å²) >= 11 is 0. The molecular formula is C17H22N4O2S. The Balaban J connectivity index is 2.00. The molecule has 3 heterocycles. The highest BCUT2D eigenvalue weighted by Crippen LogP contribution is 2.37. The Bertz CT molecular complexity index is 924. The van der Waals surface area contributed by atoms with Crippen molar-refractivity contribution in [2.75, 3.05) is 29.2 Å². The standard InChI is InChI=1S/C17H22N4O2S/c1-10(2)17-13-5-16(18)19-6-14(13)15(7-20-17)21-8-12(11(21)3)9-24(4,22)23/h5-7,11-12H,1,8-9H2,2-4H3,(H2,18,19)/t11-,12-/m1/s1. The lowest BCUT2D eigenvalue weighted by molar-refractivity contribution is 0.342. The summed E-state index contributed by atoms with van der Waals surface area (Å²) in [6.07, 6.45) is 4.86. The van der Waals surface area contributed by atoms with Crippen molar-refractivity contribution in [3.05, 3.63) is 30.7 Å². The molecule has 2 aromatic rings. The van der Waals surface area contributed by atoms with E-state index >= 15 is 0 Å². The fourth-order valence-electron chi connectivity index (χ4n) is 3.29. The molecule has 0 amide bonds. The SMILES string of the molecule is C=C(C)c1ncc(N2C[C@H](CS(C)(=O)=O)[C@H]2C)c2cnc(N)cc12. The summed E-state index contributed by atoms with van der Waals surface area (Å²) in [6, 6.07) is 1.95. The summed E-state index contributed by atoms with van der Waals surface area (Å²) in [7, 11) is -2.97. The van der Waals surface area contributed by atoms with E-state index in [0.29, 0.717) is 12.4 Å². The smallest absolute Gasteiger partial charge is 0.147 e. The number of pyridine rings is 2. The van der Waals surface area contributed by atoms with Gasteiger partial charge in [-0.25, -0.2) is 13.4 Å². The second-order valence-electron chi connectivity index (χ2n) is 6.67. The van der Waals surface area contributed by atoms with Gasteiger partial charge in [0.25, 0.3) is 0 Å². The van der Waals surface area contributed by atoms with Crippen molar-refractivity contribution >= 4 is 37.7 Å². The van der Waals surface area contributed by atoms with Crippen LogP contribution >= 0.6 is 0 Å². The molecular weight excluding hydrogens is 324 g/mol. The Morgan fingerprint density at radius 2 is 2.08 bits per heavy atom. The van der Waals surface area contributed by atoms with Gasteiger partial charge in [0.1, 0.15) is 15.7 Å². The van der Waals surface area contributed by atoms with E-state index in [-0.39, 0.29) is 17.7 Å². The predicted molar refractivity (Wildman–Crippen MR) is 98.7 cm³/mol. The summed E-state index contributed by atoms with van der Waals surface area (Å²) in [6.45, 7) is 8.63. The van der Waals surface area contributed by atoms with E-state index in [2.05, 4.69) is 21.4 Å². The molecule has 128 valence electrons. The lowest BCUT2D eigenvalue weighted by Gasteiger charge is -2.48. The highest BCUT2D eigenvalue weighted by atomic mass is 32.2. The Hall–Kier alpha value is -2.15. The highest BCUT2D eigenvalue weighted by molar-refractivity contribution is 7.90. The third-order valence-corrected chi connectivity index (χ3v) is 5.64. The van der Waals surface area contributed by atoms with Crippen LogP contribution in [0.2, 0.25) is 0 Å². The molecule has 0 radical (unpaired) electrons. The second kappa shape index (κ2) is 5.73. The quantitative estimate of drug-likeness (QED) is 0.912. The largest absolute Gasteiger partial charge is 0.384 e. The zero-order chi connectivity index (χ0) is 17.6. The van der Waals surface area contributed by atoms with Crippen LogP contribution in [0.4, 0.5) is 11.5 Å². The monoisotopic (exact) mass is 346 g/mol. The first kappa shape index (κ1) is 16.7. The fraction of sp³-hybridized carbons (Fsp3) is 0.412. The van der Waals surface area contributed by atoms with Gasteiger partial charge in [-0.15, -0.1) is 0 Å². The maximum absolute atomic E-state index is 11.5. The molecule has 24 heavy (non-hydrogen) atoms. The van der Waals surface area contributed by atoms with Crippen molar-refractivity contribution in [1.29, 1.82) is 0 Å². The molecule has 1 aliphatic heterocycles. The predicted octanol–water partition coefficient (Wildman–Crippen LogP) is 2.11.